The van der Waals surface area contributed by atoms with Crippen LogP contribution in [0, 0.1) is 11.3 Å². The highest BCUT2D eigenvalue weighted by molar-refractivity contribution is 5.99. The van der Waals surface area contributed by atoms with Gasteiger partial charge in [0.05, 0.1) is 6.42 Å². The Balaban J connectivity index is 1.18. The van der Waals surface area contributed by atoms with Crippen LogP contribution in [0.15, 0.2) is 121 Å². The molecule has 2 saturated heterocycles. The van der Waals surface area contributed by atoms with Crippen molar-refractivity contribution in [3.05, 3.63) is 144 Å². The summed E-state index contributed by atoms with van der Waals surface area (Å²) in [6.07, 6.45) is 1.90. The Morgan fingerprint density at radius 1 is 0.730 bits per heavy atom. The predicted molar refractivity (Wildman–Crippen MR) is 237 cm³/mol. The Labute approximate surface area is 367 Å². The lowest BCUT2D eigenvalue weighted by molar-refractivity contribution is -0.145. The highest BCUT2D eigenvalue weighted by Crippen LogP contribution is 2.39. The van der Waals surface area contributed by atoms with Gasteiger partial charge in [-0.2, -0.15) is 0 Å². The van der Waals surface area contributed by atoms with Gasteiger partial charge in [0.25, 0.3) is 5.91 Å². The van der Waals surface area contributed by atoms with Gasteiger partial charge in [0.1, 0.15) is 24.2 Å². The predicted octanol–water partition coefficient (Wildman–Crippen LogP) is 3.45. The zero-order valence-electron chi connectivity index (χ0n) is 35.1. The van der Waals surface area contributed by atoms with Crippen molar-refractivity contribution in [2.75, 3.05) is 13.1 Å². The smallest absolute Gasteiger partial charge is 0.305 e. The zero-order valence-corrected chi connectivity index (χ0v) is 35.1. The van der Waals surface area contributed by atoms with Gasteiger partial charge in [0, 0.05) is 30.6 Å². The molecule has 63 heavy (non-hydrogen) atoms. The van der Waals surface area contributed by atoms with E-state index >= 15 is 0 Å². The van der Waals surface area contributed by atoms with Crippen molar-refractivity contribution >= 4 is 41.5 Å². The van der Waals surface area contributed by atoms with Crippen molar-refractivity contribution in [2.45, 2.75) is 87.5 Å². The molecule has 0 aromatic heterocycles. The molecular formula is C48H56N8O7. The van der Waals surface area contributed by atoms with Crippen molar-refractivity contribution in [1.82, 2.24) is 31.5 Å². The van der Waals surface area contributed by atoms with Crippen LogP contribution in [0.25, 0.3) is 0 Å². The van der Waals surface area contributed by atoms with E-state index in [0.717, 1.165) is 16.7 Å². The highest BCUT2D eigenvalue weighted by atomic mass is 16.4. The van der Waals surface area contributed by atoms with E-state index < -0.39 is 66.1 Å². The topological polar surface area (TPSA) is 236 Å². The molecule has 15 nitrogen and oxygen atoms in total. The fourth-order valence-electron chi connectivity index (χ4n) is 8.76. The number of benzene rings is 4. The van der Waals surface area contributed by atoms with Gasteiger partial charge < -0.3 is 42.3 Å². The number of hydrogen-bond donors (Lipinski definition) is 8. The van der Waals surface area contributed by atoms with Crippen LogP contribution in [0.4, 0.5) is 0 Å². The van der Waals surface area contributed by atoms with Crippen LogP contribution >= 0.6 is 0 Å². The number of fused-ring (bicyclic) bond motifs is 1. The van der Waals surface area contributed by atoms with Crippen molar-refractivity contribution in [2.24, 2.45) is 11.7 Å². The maximum absolute atomic E-state index is 14.5. The average molecular weight is 857 g/mol. The third-order valence-electron chi connectivity index (χ3n) is 11.8. The molecule has 5 amide bonds. The molecule has 2 aliphatic rings. The molecular weight excluding hydrogens is 801 g/mol. The third kappa shape index (κ3) is 12.5. The van der Waals surface area contributed by atoms with E-state index in [4.69, 9.17) is 11.1 Å². The largest absolute Gasteiger partial charge is 0.481 e. The van der Waals surface area contributed by atoms with E-state index in [1.807, 2.05) is 91.0 Å². The lowest BCUT2D eigenvalue weighted by Crippen LogP contribution is -2.61. The summed E-state index contributed by atoms with van der Waals surface area (Å²) < 4.78 is 0. The molecule has 2 heterocycles. The normalized spacial score (nSPS) is 18.9. The van der Waals surface area contributed by atoms with Gasteiger partial charge in [-0.1, -0.05) is 109 Å². The number of aliphatic carboxylic acids is 1. The molecule has 0 spiro atoms. The summed E-state index contributed by atoms with van der Waals surface area (Å²) >= 11 is 0. The van der Waals surface area contributed by atoms with Crippen LogP contribution in [0.5, 0.6) is 0 Å². The summed E-state index contributed by atoms with van der Waals surface area (Å²) in [7, 11) is 0. The SMILES string of the molecule is N=C(N)NCCCC(NC(=O)C1CC(Cc2ccccc2)C2CCC(NC(=O)c3ccccc3)C(=O)N12)C(=O)NC(CC(=O)O)C(=O)NCCC(c1ccccc1)c1ccccc1. The Morgan fingerprint density at radius 2 is 1.33 bits per heavy atom. The first-order valence-electron chi connectivity index (χ1n) is 21.5. The Kier molecular flexibility index (Phi) is 16.0. The lowest BCUT2D eigenvalue weighted by Gasteiger charge is -2.39. The first-order valence-corrected chi connectivity index (χ1v) is 21.5. The van der Waals surface area contributed by atoms with Crippen LogP contribution in [-0.2, 0) is 30.4 Å². The molecule has 4 aromatic carbocycles. The maximum Gasteiger partial charge on any atom is 0.305 e. The Bertz CT molecular complexity index is 2160. The first kappa shape index (κ1) is 45.5. The molecule has 0 aliphatic carbocycles. The van der Waals surface area contributed by atoms with Crippen molar-refractivity contribution in [1.29, 1.82) is 5.41 Å². The van der Waals surface area contributed by atoms with Crippen molar-refractivity contribution < 1.29 is 33.9 Å². The summed E-state index contributed by atoms with van der Waals surface area (Å²) in [5.74, 6) is -4.62. The molecule has 4 aromatic rings. The quantitative estimate of drug-likeness (QED) is 0.0369. The van der Waals surface area contributed by atoms with E-state index in [-0.39, 0.29) is 49.8 Å². The highest BCUT2D eigenvalue weighted by Gasteiger charge is 2.51. The molecule has 6 rings (SSSR count). The summed E-state index contributed by atoms with van der Waals surface area (Å²) in [6.45, 7) is 0.371. The summed E-state index contributed by atoms with van der Waals surface area (Å²) in [5, 5.41) is 31.1. The van der Waals surface area contributed by atoms with E-state index in [2.05, 4.69) is 26.6 Å². The molecule has 0 radical (unpaired) electrons. The number of nitrogens with zero attached hydrogens (tertiary/aromatic N) is 1. The van der Waals surface area contributed by atoms with Gasteiger partial charge in [-0.05, 0) is 79.7 Å². The number of amides is 5. The average Bonchev–Trinajstić information content (AvgIpc) is 3.66. The molecule has 0 saturated carbocycles. The van der Waals surface area contributed by atoms with Crippen LogP contribution in [-0.4, -0.2) is 94.8 Å². The third-order valence-corrected chi connectivity index (χ3v) is 11.8. The van der Waals surface area contributed by atoms with Crippen LogP contribution in [0.2, 0.25) is 0 Å². The molecule has 6 atom stereocenters. The maximum atomic E-state index is 14.5. The van der Waals surface area contributed by atoms with Gasteiger partial charge in [0.2, 0.25) is 23.6 Å². The standard InChI is InChI=1S/C48H56N8O7/c49-48(50)52-26-13-22-37(45(61)55-39(30-42(57)58)44(60)51-27-25-36(32-16-7-2-8-17-32)33-18-9-3-10-19-33)53-46(62)41-29-35(28-31-14-5-1-6-15-31)40-24-23-38(47(63)56(40)41)54-43(59)34-20-11-4-12-21-34/h1-12,14-21,35-41H,13,22-30H2,(H,51,60)(H,53,62)(H,54,59)(H,55,61)(H,57,58)(H4,49,50,52). The van der Waals surface area contributed by atoms with Crippen molar-refractivity contribution in [3.8, 4) is 0 Å². The molecule has 2 aliphatic heterocycles. The number of hydrogen-bond acceptors (Lipinski definition) is 7. The number of carbonyl (C=O) groups is 6. The van der Waals surface area contributed by atoms with E-state index in [9.17, 15) is 33.9 Å². The van der Waals surface area contributed by atoms with Crippen molar-refractivity contribution in [3.63, 3.8) is 0 Å². The molecule has 2 fully saturated rings. The van der Waals surface area contributed by atoms with Gasteiger partial charge in [-0.3, -0.25) is 34.2 Å². The Hall–Kier alpha value is -7.03. The number of carbonyl (C=O) groups excluding carboxylic acids is 5. The second-order valence-corrected chi connectivity index (χ2v) is 16.1. The molecule has 6 unspecified atom stereocenters. The minimum atomic E-state index is -1.47. The number of nitrogens with two attached hydrogens (primary N) is 1. The van der Waals surface area contributed by atoms with Crippen LogP contribution in [0.3, 0.4) is 0 Å². The summed E-state index contributed by atoms with van der Waals surface area (Å²) in [6, 6.07) is 33.1. The number of nitrogens with one attached hydrogen (secondary N) is 6. The lowest BCUT2D eigenvalue weighted by atomic mass is 9.86. The minimum absolute atomic E-state index is 0.0302. The van der Waals surface area contributed by atoms with E-state index in [1.165, 1.54) is 0 Å². The molecule has 330 valence electrons. The zero-order chi connectivity index (χ0) is 44.7. The van der Waals surface area contributed by atoms with Gasteiger partial charge in [-0.25, -0.2) is 0 Å². The molecule has 9 N–H and O–H groups in total. The molecule has 0 bridgehead atoms. The summed E-state index contributed by atoms with van der Waals surface area (Å²) in [5.41, 5.74) is 9.02. The number of piperidine rings is 1. The van der Waals surface area contributed by atoms with Gasteiger partial charge in [0.15, 0.2) is 5.96 Å². The van der Waals surface area contributed by atoms with E-state index in [1.54, 1.807) is 35.2 Å². The fraction of sp³-hybridized carbons (Fsp3) is 0.354. The fourth-order valence-corrected chi connectivity index (χ4v) is 8.76. The number of carboxylic acids is 1. The number of rotatable bonds is 20. The number of guanidine groups is 1. The second kappa shape index (κ2) is 22.2. The monoisotopic (exact) mass is 856 g/mol. The van der Waals surface area contributed by atoms with E-state index in [0.29, 0.717) is 37.7 Å². The second-order valence-electron chi connectivity index (χ2n) is 16.1. The first-order chi connectivity index (χ1) is 30.5. The summed E-state index contributed by atoms with van der Waals surface area (Å²) in [4.78, 5) is 83.3. The Morgan fingerprint density at radius 3 is 1.94 bits per heavy atom. The van der Waals surface area contributed by atoms with Gasteiger partial charge >= 0.3 is 5.97 Å². The molecule has 15 heteroatoms. The number of carboxylic acid groups (broad SMARTS) is 1. The van der Waals surface area contributed by atoms with Crippen LogP contribution < -0.4 is 32.3 Å². The van der Waals surface area contributed by atoms with Gasteiger partial charge in [-0.15, -0.1) is 0 Å². The minimum Gasteiger partial charge on any atom is -0.481 e. The van der Waals surface area contributed by atoms with Crippen LogP contribution in [0.1, 0.15) is 77.9 Å².